The lowest BCUT2D eigenvalue weighted by Crippen LogP contribution is -2.35. The van der Waals surface area contributed by atoms with Crippen molar-refractivity contribution in [2.75, 3.05) is 13.1 Å². The summed E-state index contributed by atoms with van der Waals surface area (Å²) in [5.41, 5.74) is 3.06. The van der Waals surface area contributed by atoms with Crippen molar-refractivity contribution < 1.29 is 9.52 Å². The summed E-state index contributed by atoms with van der Waals surface area (Å²) in [6.45, 7) is 1.31. The van der Waals surface area contributed by atoms with Crippen LogP contribution >= 0.6 is 0 Å². The van der Waals surface area contributed by atoms with Crippen LogP contribution in [0.4, 0.5) is 0 Å². The van der Waals surface area contributed by atoms with Crippen LogP contribution in [-0.4, -0.2) is 23.9 Å². The fraction of sp³-hybridized carbons (Fsp3) is 0.176. The van der Waals surface area contributed by atoms with Gasteiger partial charge in [-0.15, -0.1) is 0 Å². The van der Waals surface area contributed by atoms with E-state index in [0.29, 0.717) is 23.4 Å². The maximum atomic E-state index is 12.3. The Morgan fingerprint density at radius 2 is 1.81 bits per heavy atom. The molecule has 0 unspecified atom stereocenters. The number of rotatable bonds is 2. The second-order valence-electron chi connectivity index (χ2n) is 5.04. The number of carbonyl (C=O) groups is 1. The van der Waals surface area contributed by atoms with Gasteiger partial charge in [-0.25, -0.2) is 0 Å². The molecule has 1 aliphatic rings. The molecular weight excluding hydrogens is 264 g/mol. The van der Waals surface area contributed by atoms with Crippen LogP contribution in [-0.2, 0) is 0 Å². The Morgan fingerprint density at radius 3 is 2.43 bits per heavy atom. The normalized spacial score (nSPS) is 14.7. The SMILES string of the molecule is O=C(c1cc[n+]([O-])cc1)N1CC=C(c2ccccc2)CC1. The summed E-state index contributed by atoms with van der Waals surface area (Å²) in [6.07, 6.45) is 5.66. The monoisotopic (exact) mass is 280 g/mol. The number of aromatic nitrogens is 1. The van der Waals surface area contributed by atoms with Gasteiger partial charge in [0, 0.05) is 25.2 Å². The summed E-state index contributed by atoms with van der Waals surface area (Å²) in [4.78, 5) is 14.1. The highest BCUT2D eigenvalue weighted by molar-refractivity contribution is 5.94. The Kier molecular flexibility index (Phi) is 3.69. The van der Waals surface area contributed by atoms with E-state index in [0.717, 1.165) is 6.42 Å². The number of pyridine rings is 1. The molecule has 3 rings (SSSR count). The van der Waals surface area contributed by atoms with Gasteiger partial charge in [0.1, 0.15) is 0 Å². The molecule has 1 amide bonds. The third kappa shape index (κ3) is 2.94. The van der Waals surface area contributed by atoms with Crippen molar-refractivity contribution in [1.29, 1.82) is 0 Å². The highest BCUT2D eigenvalue weighted by Crippen LogP contribution is 2.22. The fourth-order valence-electron chi connectivity index (χ4n) is 2.51. The molecule has 0 fully saturated rings. The first-order valence-electron chi connectivity index (χ1n) is 6.96. The highest BCUT2D eigenvalue weighted by atomic mass is 16.5. The van der Waals surface area contributed by atoms with Crippen LogP contribution in [0.15, 0.2) is 60.9 Å². The minimum atomic E-state index is -0.0287. The largest absolute Gasteiger partial charge is 0.619 e. The van der Waals surface area contributed by atoms with Crippen LogP contribution in [0.25, 0.3) is 5.57 Å². The predicted molar refractivity (Wildman–Crippen MR) is 80.3 cm³/mol. The summed E-state index contributed by atoms with van der Waals surface area (Å²) < 4.78 is 0.681. The molecule has 0 saturated heterocycles. The van der Waals surface area contributed by atoms with Crippen molar-refractivity contribution >= 4 is 11.5 Å². The van der Waals surface area contributed by atoms with Crippen LogP contribution in [0.2, 0.25) is 0 Å². The van der Waals surface area contributed by atoms with Crippen LogP contribution in [0.5, 0.6) is 0 Å². The van der Waals surface area contributed by atoms with Gasteiger partial charge in [-0.2, -0.15) is 4.73 Å². The predicted octanol–water partition coefficient (Wildman–Crippen LogP) is 2.25. The van der Waals surface area contributed by atoms with Gasteiger partial charge in [-0.3, -0.25) is 4.79 Å². The molecule has 0 atom stereocenters. The third-order valence-electron chi connectivity index (χ3n) is 3.69. The van der Waals surface area contributed by atoms with Crippen molar-refractivity contribution in [2.24, 2.45) is 0 Å². The maximum Gasteiger partial charge on any atom is 0.254 e. The average Bonchev–Trinajstić information content (AvgIpc) is 2.56. The zero-order valence-electron chi connectivity index (χ0n) is 11.6. The van der Waals surface area contributed by atoms with Crippen LogP contribution in [0.1, 0.15) is 22.3 Å². The number of carbonyl (C=O) groups excluding carboxylic acids is 1. The average molecular weight is 280 g/mol. The summed E-state index contributed by atoms with van der Waals surface area (Å²) in [5.74, 6) is -0.0287. The topological polar surface area (TPSA) is 47.2 Å². The highest BCUT2D eigenvalue weighted by Gasteiger charge is 2.19. The van der Waals surface area contributed by atoms with E-state index in [1.54, 1.807) is 17.0 Å². The third-order valence-corrected chi connectivity index (χ3v) is 3.69. The van der Waals surface area contributed by atoms with Crippen molar-refractivity contribution in [3.8, 4) is 0 Å². The van der Waals surface area contributed by atoms with E-state index in [-0.39, 0.29) is 5.91 Å². The van der Waals surface area contributed by atoms with E-state index in [1.165, 1.54) is 23.5 Å². The molecule has 0 radical (unpaired) electrons. The van der Waals surface area contributed by atoms with Gasteiger partial charge in [0.05, 0.1) is 5.56 Å². The standard InChI is InChI=1S/C17H16N2O2/c20-17(16-8-12-19(21)13-9-16)18-10-6-15(7-11-18)14-4-2-1-3-5-14/h1-6,8-9,12-13H,7,10-11H2. The fourth-order valence-corrected chi connectivity index (χ4v) is 2.51. The molecule has 0 N–H and O–H groups in total. The Hall–Kier alpha value is -2.62. The summed E-state index contributed by atoms with van der Waals surface area (Å²) in [5, 5.41) is 11.0. The lowest BCUT2D eigenvalue weighted by molar-refractivity contribution is -0.605. The van der Waals surface area contributed by atoms with E-state index in [2.05, 4.69) is 18.2 Å². The molecule has 0 aliphatic carbocycles. The molecule has 21 heavy (non-hydrogen) atoms. The number of hydrogen-bond donors (Lipinski definition) is 0. The van der Waals surface area contributed by atoms with E-state index < -0.39 is 0 Å². The molecule has 0 saturated carbocycles. The number of amides is 1. The Balaban J connectivity index is 1.72. The van der Waals surface area contributed by atoms with Crippen molar-refractivity contribution in [3.63, 3.8) is 0 Å². The number of hydrogen-bond acceptors (Lipinski definition) is 2. The summed E-state index contributed by atoms with van der Waals surface area (Å²) in [6, 6.07) is 13.4. The molecule has 1 aromatic heterocycles. The van der Waals surface area contributed by atoms with Crippen molar-refractivity contribution in [3.05, 3.63) is 77.3 Å². The van der Waals surface area contributed by atoms with E-state index in [1.807, 2.05) is 18.2 Å². The van der Waals surface area contributed by atoms with Gasteiger partial charge in [-0.05, 0) is 17.6 Å². The second-order valence-corrected chi connectivity index (χ2v) is 5.04. The van der Waals surface area contributed by atoms with Gasteiger partial charge < -0.3 is 10.1 Å². The first-order chi connectivity index (χ1) is 10.2. The molecule has 0 bridgehead atoms. The molecule has 2 aromatic rings. The second kappa shape index (κ2) is 5.79. The molecule has 1 aromatic carbocycles. The lowest BCUT2D eigenvalue weighted by atomic mass is 9.99. The zero-order valence-corrected chi connectivity index (χ0v) is 11.6. The van der Waals surface area contributed by atoms with Crippen molar-refractivity contribution in [2.45, 2.75) is 6.42 Å². The molecule has 2 heterocycles. The Labute approximate surface area is 123 Å². The number of benzene rings is 1. The summed E-state index contributed by atoms with van der Waals surface area (Å²) in [7, 11) is 0. The van der Waals surface area contributed by atoms with Gasteiger partial charge in [0.2, 0.25) is 0 Å². The molecule has 4 heteroatoms. The van der Waals surface area contributed by atoms with Gasteiger partial charge in [0.15, 0.2) is 12.4 Å². The first kappa shape index (κ1) is 13.4. The smallest absolute Gasteiger partial charge is 0.254 e. The molecule has 106 valence electrons. The van der Waals surface area contributed by atoms with Crippen LogP contribution in [0, 0.1) is 5.21 Å². The molecule has 1 aliphatic heterocycles. The number of nitrogens with zero attached hydrogens (tertiary/aromatic N) is 2. The molecule has 4 nitrogen and oxygen atoms in total. The Morgan fingerprint density at radius 1 is 1.10 bits per heavy atom. The van der Waals surface area contributed by atoms with Crippen molar-refractivity contribution in [1.82, 2.24) is 4.90 Å². The van der Waals surface area contributed by atoms with E-state index in [4.69, 9.17) is 0 Å². The van der Waals surface area contributed by atoms with Gasteiger partial charge in [-0.1, -0.05) is 36.4 Å². The molecule has 0 spiro atoms. The minimum absolute atomic E-state index is 0.0287. The zero-order chi connectivity index (χ0) is 14.7. The van der Waals surface area contributed by atoms with E-state index >= 15 is 0 Å². The Bertz CT molecular complexity index is 663. The van der Waals surface area contributed by atoms with Gasteiger partial charge in [0.25, 0.3) is 5.91 Å². The summed E-state index contributed by atoms with van der Waals surface area (Å²) >= 11 is 0. The van der Waals surface area contributed by atoms with Crippen LogP contribution < -0.4 is 4.73 Å². The minimum Gasteiger partial charge on any atom is -0.619 e. The maximum absolute atomic E-state index is 12.3. The quantitative estimate of drug-likeness (QED) is 0.625. The first-order valence-corrected chi connectivity index (χ1v) is 6.96. The van der Waals surface area contributed by atoms with E-state index in [9.17, 15) is 10.0 Å². The van der Waals surface area contributed by atoms with Crippen LogP contribution in [0.3, 0.4) is 0 Å². The van der Waals surface area contributed by atoms with Gasteiger partial charge >= 0.3 is 0 Å². The molecular formula is C17H16N2O2. The lowest BCUT2D eigenvalue weighted by Gasteiger charge is -2.26.